The summed E-state index contributed by atoms with van der Waals surface area (Å²) >= 11 is 6.11. The summed E-state index contributed by atoms with van der Waals surface area (Å²) in [6.45, 7) is 0. The van der Waals surface area contributed by atoms with E-state index in [0.29, 0.717) is 5.38 Å². The predicted molar refractivity (Wildman–Crippen MR) is 62.8 cm³/mol. The maximum atomic E-state index is 6.11. The van der Waals surface area contributed by atoms with Crippen molar-refractivity contribution in [3.05, 3.63) is 11.6 Å². The maximum absolute atomic E-state index is 6.11. The molecule has 0 bridgehead atoms. The zero-order valence-corrected chi connectivity index (χ0v) is 9.73. The van der Waals surface area contributed by atoms with Crippen molar-refractivity contribution < 1.29 is 0 Å². The highest BCUT2D eigenvalue weighted by molar-refractivity contribution is 6.20. The molecule has 0 nitrogen and oxygen atoms in total. The van der Waals surface area contributed by atoms with Crippen LogP contribution in [0.25, 0.3) is 0 Å². The fraction of sp³-hybridized carbons (Fsp3) is 0.846. The third-order valence-corrected chi connectivity index (χ3v) is 4.13. The van der Waals surface area contributed by atoms with Crippen LogP contribution in [-0.2, 0) is 0 Å². The molecule has 1 saturated carbocycles. The van der Waals surface area contributed by atoms with Gasteiger partial charge < -0.3 is 0 Å². The SMILES string of the molecule is ClC1CCC(CCC2=CCCCC2)C1. The van der Waals surface area contributed by atoms with Crippen molar-refractivity contribution in [3.63, 3.8) is 0 Å². The summed E-state index contributed by atoms with van der Waals surface area (Å²) < 4.78 is 0. The fourth-order valence-electron chi connectivity index (χ4n) is 2.80. The summed E-state index contributed by atoms with van der Waals surface area (Å²) in [4.78, 5) is 0. The molecule has 0 saturated heterocycles. The van der Waals surface area contributed by atoms with E-state index < -0.39 is 0 Å². The first-order valence-electron chi connectivity index (χ1n) is 6.16. The van der Waals surface area contributed by atoms with E-state index in [4.69, 9.17) is 11.6 Å². The molecule has 0 aromatic heterocycles. The van der Waals surface area contributed by atoms with Gasteiger partial charge in [0.05, 0.1) is 0 Å². The largest absolute Gasteiger partial charge is 0.123 e. The first-order valence-corrected chi connectivity index (χ1v) is 6.60. The maximum Gasteiger partial charge on any atom is 0.0338 e. The van der Waals surface area contributed by atoms with Crippen LogP contribution < -0.4 is 0 Å². The van der Waals surface area contributed by atoms with Crippen molar-refractivity contribution in [3.8, 4) is 0 Å². The first kappa shape index (κ1) is 10.5. The van der Waals surface area contributed by atoms with Gasteiger partial charge in [0, 0.05) is 5.38 Å². The smallest absolute Gasteiger partial charge is 0.0338 e. The predicted octanol–water partition coefficient (Wildman–Crippen LogP) is 4.67. The molecule has 0 aliphatic heterocycles. The molecule has 80 valence electrons. The molecular weight excluding hydrogens is 192 g/mol. The van der Waals surface area contributed by atoms with Crippen molar-refractivity contribution >= 4 is 11.6 Å². The van der Waals surface area contributed by atoms with Gasteiger partial charge in [0.1, 0.15) is 0 Å². The van der Waals surface area contributed by atoms with Crippen molar-refractivity contribution in [2.45, 2.75) is 63.2 Å². The van der Waals surface area contributed by atoms with E-state index in [2.05, 4.69) is 6.08 Å². The highest BCUT2D eigenvalue weighted by atomic mass is 35.5. The minimum atomic E-state index is 0.486. The lowest BCUT2D eigenvalue weighted by Crippen LogP contribution is -1.98. The molecule has 0 aromatic rings. The van der Waals surface area contributed by atoms with Crippen molar-refractivity contribution in [1.29, 1.82) is 0 Å². The summed E-state index contributed by atoms with van der Waals surface area (Å²) in [6.07, 6.45) is 14.7. The Morgan fingerprint density at radius 3 is 2.86 bits per heavy atom. The molecule has 1 fully saturated rings. The summed E-state index contributed by atoms with van der Waals surface area (Å²) in [5.41, 5.74) is 1.73. The van der Waals surface area contributed by atoms with Crippen LogP contribution in [0.15, 0.2) is 11.6 Å². The van der Waals surface area contributed by atoms with E-state index in [0.717, 1.165) is 5.92 Å². The number of alkyl halides is 1. The monoisotopic (exact) mass is 212 g/mol. The van der Waals surface area contributed by atoms with E-state index >= 15 is 0 Å². The molecule has 1 heteroatoms. The Hall–Kier alpha value is 0.0300. The van der Waals surface area contributed by atoms with Gasteiger partial charge in [0.15, 0.2) is 0 Å². The minimum absolute atomic E-state index is 0.486. The van der Waals surface area contributed by atoms with Gasteiger partial charge in [-0.25, -0.2) is 0 Å². The quantitative estimate of drug-likeness (QED) is 0.471. The molecule has 0 radical (unpaired) electrons. The number of hydrogen-bond donors (Lipinski definition) is 0. The molecule has 2 aliphatic carbocycles. The summed E-state index contributed by atoms with van der Waals surface area (Å²) in [6, 6.07) is 0. The van der Waals surface area contributed by atoms with E-state index in [1.807, 2.05) is 0 Å². The molecule has 2 atom stereocenters. The second-order valence-electron chi connectivity index (χ2n) is 4.92. The first-order chi connectivity index (χ1) is 6.84. The highest BCUT2D eigenvalue weighted by Crippen LogP contribution is 2.34. The van der Waals surface area contributed by atoms with Gasteiger partial charge >= 0.3 is 0 Å². The summed E-state index contributed by atoms with van der Waals surface area (Å²) in [7, 11) is 0. The Morgan fingerprint density at radius 1 is 1.29 bits per heavy atom. The number of halogens is 1. The van der Waals surface area contributed by atoms with Gasteiger partial charge in [0.25, 0.3) is 0 Å². The topological polar surface area (TPSA) is 0 Å². The van der Waals surface area contributed by atoms with E-state index in [9.17, 15) is 0 Å². The lowest BCUT2D eigenvalue weighted by atomic mass is 9.92. The van der Waals surface area contributed by atoms with Crippen molar-refractivity contribution in [2.24, 2.45) is 5.92 Å². The fourth-order valence-corrected chi connectivity index (χ4v) is 3.18. The Labute approximate surface area is 92.7 Å². The van der Waals surface area contributed by atoms with Crippen LogP contribution in [0.1, 0.15) is 57.8 Å². The third-order valence-electron chi connectivity index (χ3n) is 3.74. The van der Waals surface area contributed by atoms with Crippen molar-refractivity contribution in [1.82, 2.24) is 0 Å². The van der Waals surface area contributed by atoms with Crippen LogP contribution in [0.2, 0.25) is 0 Å². The van der Waals surface area contributed by atoms with Crippen LogP contribution in [0, 0.1) is 5.92 Å². The van der Waals surface area contributed by atoms with Crippen LogP contribution in [0.5, 0.6) is 0 Å². The Balaban J connectivity index is 1.69. The van der Waals surface area contributed by atoms with Gasteiger partial charge in [-0.1, -0.05) is 11.6 Å². The van der Waals surface area contributed by atoms with Crippen molar-refractivity contribution in [2.75, 3.05) is 0 Å². The molecule has 14 heavy (non-hydrogen) atoms. The highest BCUT2D eigenvalue weighted by Gasteiger charge is 2.22. The number of allylic oxidation sites excluding steroid dienone is 2. The molecule has 0 heterocycles. The second-order valence-corrected chi connectivity index (χ2v) is 5.54. The average molecular weight is 213 g/mol. The number of hydrogen-bond acceptors (Lipinski definition) is 0. The third kappa shape index (κ3) is 3.02. The van der Waals surface area contributed by atoms with Crippen LogP contribution in [-0.4, -0.2) is 5.38 Å². The molecule has 0 aromatic carbocycles. The Morgan fingerprint density at radius 2 is 2.21 bits per heavy atom. The second kappa shape index (κ2) is 5.21. The lowest BCUT2D eigenvalue weighted by Gasteiger charge is -2.14. The standard InChI is InChI=1S/C13H21Cl/c14-13-9-8-12(10-13)7-6-11-4-2-1-3-5-11/h4,12-13H,1-3,5-10H2. The van der Waals surface area contributed by atoms with Gasteiger partial charge in [-0.05, 0) is 63.7 Å². The number of rotatable bonds is 3. The zero-order valence-electron chi connectivity index (χ0n) is 8.97. The van der Waals surface area contributed by atoms with Crippen LogP contribution in [0.3, 0.4) is 0 Å². The Kier molecular flexibility index (Phi) is 3.92. The van der Waals surface area contributed by atoms with Gasteiger partial charge in [-0.2, -0.15) is 0 Å². The van der Waals surface area contributed by atoms with Gasteiger partial charge in [-0.3, -0.25) is 0 Å². The molecule has 2 rings (SSSR count). The molecule has 2 aliphatic rings. The van der Waals surface area contributed by atoms with Gasteiger partial charge in [-0.15, -0.1) is 11.6 Å². The molecule has 2 unspecified atom stereocenters. The molecular formula is C13H21Cl. The van der Waals surface area contributed by atoms with E-state index in [-0.39, 0.29) is 0 Å². The van der Waals surface area contributed by atoms with E-state index in [1.165, 1.54) is 57.8 Å². The van der Waals surface area contributed by atoms with Gasteiger partial charge in [0.2, 0.25) is 0 Å². The lowest BCUT2D eigenvalue weighted by molar-refractivity contribution is 0.494. The summed E-state index contributed by atoms with van der Waals surface area (Å²) in [5, 5.41) is 0.486. The van der Waals surface area contributed by atoms with E-state index in [1.54, 1.807) is 5.57 Å². The summed E-state index contributed by atoms with van der Waals surface area (Å²) in [5.74, 6) is 0.931. The molecule has 0 spiro atoms. The Bertz CT molecular complexity index is 207. The zero-order chi connectivity index (χ0) is 9.80. The molecule has 0 amide bonds. The average Bonchev–Trinajstić information content (AvgIpc) is 2.63. The normalized spacial score (nSPS) is 33.1. The van der Waals surface area contributed by atoms with Crippen LogP contribution >= 0.6 is 11.6 Å². The minimum Gasteiger partial charge on any atom is -0.123 e. The van der Waals surface area contributed by atoms with Crippen LogP contribution in [0.4, 0.5) is 0 Å². The molecule has 0 N–H and O–H groups in total.